The highest BCUT2D eigenvalue weighted by molar-refractivity contribution is 9.09. The highest BCUT2D eigenvalue weighted by Gasteiger charge is 2.12. The number of hydrogen-bond donors (Lipinski definition) is 0. The lowest BCUT2D eigenvalue weighted by atomic mass is 10.1. The monoisotopic (exact) mass is 254 g/mol. The second kappa shape index (κ2) is 4.20. The summed E-state index contributed by atoms with van der Waals surface area (Å²) in [5, 5.41) is 19.2. The number of nitro benzene ring substituents is 1. The van der Waals surface area contributed by atoms with Gasteiger partial charge < -0.3 is 0 Å². The molecule has 0 aromatic heterocycles. The Kier molecular flexibility index (Phi) is 3.20. The summed E-state index contributed by atoms with van der Waals surface area (Å²) in [4.78, 5) is 9.94. The predicted octanol–water partition coefficient (Wildman–Crippen LogP) is 2.92. The minimum Gasteiger partial charge on any atom is -0.258 e. The molecule has 1 unspecified atom stereocenters. The van der Waals surface area contributed by atoms with Crippen LogP contribution in [-0.2, 0) is 0 Å². The Labute approximate surface area is 89.4 Å². The Bertz CT molecular complexity index is 410. The van der Waals surface area contributed by atoms with E-state index >= 15 is 0 Å². The molecular formula is C9H7BrN2O2. The highest BCUT2D eigenvalue weighted by Crippen LogP contribution is 2.27. The first kappa shape index (κ1) is 10.7. The van der Waals surface area contributed by atoms with Crippen molar-refractivity contribution in [3.63, 3.8) is 0 Å². The number of nitro groups is 1. The first-order valence-electron chi connectivity index (χ1n) is 3.88. The van der Waals surface area contributed by atoms with Crippen molar-refractivity contribution in [2.45, 2.75) is 11.8 Å². The third-order valence-corrected chi connectivity index (χ3v) is 2.29. The number of halogens is 1. The molecule has 0 radical (unpaired) electrons. The van der Waals surface area contributed by atoms with Crippen LogP contribution < -0.4 is 0 Å². The zero-order valence-electron chi connectivity index (χ0n) is 7.40. The average Bonchev–Trinajstić information content (AvgIpc) is 2.16. The van der Waals surface area contributed by atoms with Gasteiger partial charge in [0.05, 0.1) is 16.6 Å². The summed E-state index contributed by atoms with van der Waals surface area (Å²) >= 11 is 3.31. The van der Waals surface area contributed by atoms with Crippen molar-refractivity contribution in [3.8, 4) is 6.07 Å². The zero-order chi connectivity index (χ0) is 10.7. The van der Waals surface area contributed by atoms with E-state index in [4.69, 9.17) is 5.26 Å². The zero-order valence-corrected chi connectivity index (χ0v) is 8.98. The molecule has 1 aromatic rings. The normalized spacial score (nSPS) is 11.8. The fraction of sp³-hybridized carbons (Fsp3) is 0.222. The molecule has 0 amide bonds. The maximum absolute atomic E-state index is 10.4. The lowest BCUT2D eigenvalue weighted by molar-refractivity contribution is -0.384. The van der Waals surface area contributed by atoms with Crippen molar-refractivity contribution in [1.82, 2.24) is 0 Å². The standard InChI is InChI=1S/C9H7BrN2O2/c1-6(10)9-3-2-8(12(13)14)4-7(9)5-11/h2-4,6H,1H3. The van der Waals surface area contributed by atoms with Gasteiger partial charge in [-0.2, -0.15) is 5.26 Å². The summed E-state index contributed by atoms with van der Waals surface area (Å²) in [5.41, 5.74) is 1.04. The van der Waals surface area contributed by atoms with Crippen LogP contribution >= 0.6 is 15.9 Å². The molecule has 0 saturated carbocycles. The number of hydrogen-bond acceptors (Lipinski definition) is 3. The van der Waals surface area contributed by atoms with Gasteiger partial charge in [-0.15, -0.1) is 0 Å². The molecule has 0 N–H and O–H groups in total. The number of alkyl halides is 1. The molecule has 5 heteroatoms. The Hall–Kier alpha value is -1.41. The summed E-state index contributed by atoms with van der Waals surface area (Å²) < 4.78 is 0. The van der Waals surface area contributed by atoms with Crippen LogP contribution in [0.15, 0.2) is 18.2 Å². The summed E-state index contributed by atoms with van der Waals surface area (Å²) in [7, 11) is 0. The van der Waals surface area contributed by atoms with Gasteiger partial charge in [0, 0.05) is 17.0 Å². The predicted molar refractivity (Wildman–Crippen MR) is 55.2 cm³/mol. The molecule has 0 heterocycles. The fourth-order valence-corrected chi connectivity index (χ4v) is 1.50. The molecule has 0 aliphatic heterocycles. The molecule has 14 heavy (non-hydrogen) atoms. The Morgan fingerprint density at radius 3 is 2.71 bits per heavy atom. The van der Waals surface area contributed by atoms with Crippen LogP contribution in [0.25, 0.3) is 0 Å². The van der Waals surface area contributed by atoms with Crippen LogP contribution in [0.5, 0.6) is 0 Å². The van der Waals surface area contributed by atoms with E-state index in [1.54, 1.807) is 6.07 Å². The van der Waals surface area contributed by atoms with E-state index in [9.17, 15) is 10.1 Å². The van der Waals surface area contributed by atoms with Crippen LogP contribution in [0.1, 0.15) is 22.9 Å². The number of rotatable bonds is 2. The molecule has 1 atom stereocenters. The van der Waals surface area contributed by atoms with Gasteiger partial charge in [0.15, 0.2) is 0 Å². The molecule has 4 nitrogen and oxygen atoms in total. The summed E-state index contributed by atoms with van der Waals surface area (Å²) in [5.74, 6) is 0. The average molecular weight is 255 g/mol. The van der Waals surface area contributed by atoms with E-state index in [1.807, 2.05) is 13.0 Å². The molecular weight excluding hydrogens is 248 g/mol. The number of nitrogens with zero attached hydrogens (tertiary/aromatic N) is 2. The summed E-state index contributed by atoms with van der Waals surface area (Å²) in [6, 6.07) is 6.21. The second-order valence-corrected chi connectivity index (χ2v) is 4.13. The highest BCUT2D eigenvalue weighted by atomic mass is 79.9. The molecule has 1 rings (SSSR count). The van der Waals surface area contributed by atoms with E-state index in [0.29, 0.717) is 5.56 Å². The van der Waals surface area contributed by atoms with Crippen molar-refractivity contribution in [2.24, 2.45) is 0 Å². The van der Waals surface area contributed by atoms with Gasteiger partial charge in [0.2, 0.25) is 0 Å². The Balaban J connectivity index is 3.27. The summed E-state index contributed by atoms with van der Waals surface area (Å²) in [6.07, 6.45) is 0. The van der Waals surface area contributed by atoms with Crippen molar-refractivity contribution >= 4 is 21.6 Å². The summed E-state index contributed by atoms with van der Waals surface area (Å²) in [6.45, 7) is 1.86. The van der Waals surface area contributed by atoms with Crippen LogP contribution in [-0.4, -0.2) is 4.92 Å². The molecule has 0 spiro atoms. The van der Waals surface area contributed by atoms with Gasteiger partial charge in [-0.25, -0.2) is 0 Å². The van der Waals surface area contributed by atoms with Gasteiger partial charge in [-0.1, -0.05) is 15.9 Å². The molecule has 1 aromatic carbocycles. The van der Waals surface area contributed by atoms with Crippen molar-refractivity contribution < 1.29 is 4.92 Å². The molecule has 0 saturated heterocycles. The quantitative estimate of drug-likeness (QED) is 0.463. The molecule has 0 fully saturated rings. The first-order chi connectivity index (χ1) is 6.56. The van der Waals surface area contributed by atoms with E-state index in [-0.39, 0.29) is 10.5 Å². The first-order valence-corrected chi connectivity index (χ1v) is 4.80. The van der Waals surface area contributed by atoms with Gasteiger partial charge in [0.1, 0.15) is 0 Å². The van der Waals surface area contributed by atoms with E-state index < -0.39 is 4.92 Å². The molecule has 72 valence electrons. The topological polar surface area (TPSA) is 66.9 Å². The van der Waals surface area contributed by atoms with Crippen molar-refractivity contribution in [2.75, 3.05) is 0 Å². The van der Waals surface area contributed by atoms with Crippen LogP contribution in [0.4, 0.5) is 5.69 Å². The van der Waals surface area contributed by atoms with Crippen LogP contribution in [0.3, 0.4) is 0 Å². The van der Waals surface area contributed by atoms with E-state index in [2.05, 4.69) is 15.9 Å². The van der Waals surface area contributed by atoms with Crippen LogP contribution in [0.2, 0.25) is 0 Å². The van der Waals surface area contributed by atoms with Crippen molar-refractivity contribution in [1.29, 1.82) is 5.26 Å². The molecule has 0 bridgehead atoms. The molecule has 0 aliphatic rings. The number of nitriles is 1. The van der Waals surface area contributed by atoms with E-state index in [0.717, 1.165) is 5.56 Å². The lowest BCUT2D eigenvalue weighted by Gasteiger charge is -2.04. The minimum absolute atomic E-state index is 0.0120. The maximum Gasteiger partial charge on any atom is 0.270 e. The van der Waals surface area contributed by atoms with E-state index in [1.165, 1.54) is 12.1 Å². The van der Waals surface area contributed by atoms with Gasteiger partial charge in [-0.3, -0.25) is 10.1 Å². The maximum atomic E-state index is 10.4. The number of non-ortho nitro benzene ring substituents is 1. The Morgan fingerprint density at radius 1 is 1.64 bits per heavy atom. The van der Waals surface area contributed by atoms with Gasteiger partial charge in [0.25, 0.3) is 5.69 Å². The van der Waals surface area contributed by atoms with Crippen LogP contribution in [0, 0.1) is 21.4 Å². The fourth-order valence-electron chi connectivity index (χ4n) is 1.10. The third-order valence-electron chi connectivity index (χ3n) is 1.80. The molecule has 0 aliphatic carbocycles. The van der Waals surface area contributed by atoms with Gasteiger partial charge >= 0.3 is 0 Å². The lowest BCUT2D eigenvalue weighted by Crippen LogP contribution is -1.94. The minimum atomic E-state index is -0.510. The number of benzene rings is 1. The van der Waals surface area contributed by atoms with Crippen molar-refractivity contribution in [3.05, 3.63) is 39.4 Å². The Morgan fingerprint density at radius 2 is 2.29 bits per heavy atom. The largest absolute Gasteiger partial charge is 0.270 e. The smallest absolute Gasteiger partial charge is 0.258 e. The SMILES string of the molecule is CC(Br)c1ccc([N+](=O)[O-])cc1C#N. The second-order valence-electron chi connectivity index (χ2n) is 2.76. The van der Waals surface area contributed by atoms with Gasteiger partial charge in [-0.05, 0) is 18.6 Å². The third kappa shape index (κ3) is 2.09.